The summed E-state index contributed by atoms with van der Waals surface area (Å²) in [5.41, 5.74) is 0.766. The fourth-order valence-corrected chi connectivity index (χ4v) is 2.13. The molecule has 0 aromatic rings. The van der Waals surface area contributed by atoms with E-state index >= 15 is 0 Å². The van der Waals surface area contributed by atoms with Crippen LogP contribution in [0.5, 0.6) is 0 Å². The molecular weight excluding hydrogens is 258 g/mol. The Hall–Kier alpha value is -2.29. The minimum Gasteiger partial charge on any atom is -0.498 e. The Morgan fingerprint density at radius 3 is 2.90 bits per heavy atom. The number of nitriles is 1. The second-order valence-corrected chi connectivity index (χ2v) is 4.69. The Labute approximate surface area is 117 Å². The van der Waals surface area contributed by atoms with E-state index in [0.29, 0.717) is 39.1 Å². The lowest BCUT2D eigenvalue weighted by molar-refractivity contribution is -0.148. The molecule has 1 aliphatic carbocycles. The van der Waals surface area contributed by atoms with Gasteiger partial charge in [-0.25, -0.2) is 0 Å². The standard InChI is InChI=1S/C14H17N3O3/c15-10-11-2-4-12(5-3-11)20-9-1-7-17-8-6-16-13(18)14(17)19/h2,4H,1,3,5-9H2,(H,16,18). The van der Waals surface area contributed by atoms with Crippen LogP contribution < -0.4 is 5.32 Å². The number of nitrogens with one attached hydrogen (secondary N) is 1. The van der Waals surface area contributed by atoms with Gasteiger partial charge in [-0.2, -0.15) is 5.26 Å². The molecule has 6 heteroatoms. The van der Waals surface area contributed by atoms with Gasteiger partial charge in [0.2, 0.25) is 0 Å². The van der Waals surface area contributed by atoms with Crippen molar-refractivity contribution in [1.82, 2.24) is 10.2 Å². The number of allylic oxidation sites excluding steroid dienone is 4. The molecule has 2 rings (SSSR count). The fourth-order valence-electron chi connectivity index (χ4n) is 2.13. The number of rotatable bonds is 5. The highest BCUT2D eigenvalue weighted by Crippen LogP contribution is 2.18. The molecule has 1 N–H and O–H groups in total. The molecule has 2 amide bonds. The zero-order chi connectivity index (χ0) is 14.4. The van der Waals surface area contributed by atoms with E-state index in [9.17, 15) is 9.59 Å². The van der Waals surface area contributed by atoms with Crippen LogP contribution in [0.4, 0.5) is 0 Å². The summed E-state index contributed by atoms with van der Waals surface area (Å²) in [6.45, 7) is 2.10. The van der Waals surface area contributed by atoms with Crippen LogP contribution in [0.1, 0.15) is 19.3 Å². The highest BCUT2D eigenvalue weighted by atomic mass is 16.5. The van der Waals surface area contributed by atoms with E-state index in [4.69, 9.17) is 10.00 Å². The highest BCUT2D eigenvalue weighted by Gasteiger charge is 2.25. The molecular formula is C14H17N3O3. The first-order valence-electron chi connectivity index (χ1n) is 6.70. The molecule has 0 unspecified atom stereocenters. The summed E-state index contributed by atoms with van der Waals surface area (Å²) >= 11 is 0. The van der Waals surface area contributed by atoms with Crippen LogP contribution in [0.2, 0.25) is 0 Å². The number of hydrogen-bond donors (Lipinski definition) is 1. The van der Waals surface area contributed by atoms with Crippen LogP contribution in [0, 0.1) is 11.3 Å². The van der Waals surface area contributed by atoms with Crippen LogP contribution in [0.3, 0.4) is 0 Å². The minimum absolute atomic E-state index is 0.463. The van der Waals surface area contributed by atoms with Crippen LogP contribution in [0.25, 0.3) is 0 Å². The van der Waals surface area contributed by atoms with Gasteiger partial charge in [-0.15, -0.1) is 0 Å². The maximum absolute atomic E-state index is 11.5. The largest absolute Gasteiger partial charge is 0.498 e. The maximum atomic E-state index is 11.5. The highest BCUT2D eigenvalue weighted by molar-refractivity contribution is 6.35. The number of carbonyl (C=O) groups excluding carboxylic acids is 2. The van der Waals surface area contributed by atoms with Crippen molar-refractivity contribution in [1.29, 1.82) is 5.26 Å². The number of ether oxygens (including phenoxy) is 1. The average molecular weight is 275 g/mol. The zero-order valence-corrected chi connectivity index (χ0v) is 11.2. The number of hydrogen-bond acceptors (Lipinski definition) is 4. The summed E-state index contributed by atoms with van der Waals surface area (Å²) in [5, 5.41) is 11.2. The molecule has 0 aromatic heterocycles. The molecule has 1 saturated heterocycles. The summed E-state index contributed by atoms with van der Waals surface area (Å²) < 4.78 is 5.60. The van der Waals surface area contributed by atoms with Crippen LogP contribution in [-0.2, 0) is 14.3 Å². The lowest BCUT2D eigenvalue weighted by Crippen LogP contribution is -2.52. The van der Waals surface area contributed by atoms with Crippen molar-refractivity contribution in [2.24, 2.45) is 0 Å². The Balaban J connectivity index is 1.68. The van der Waals surface area contributed by atoms with E-state index in [1.807, 2.05) is 6.08 Å². The SMILES string of the molecule is N#CC1=CC=C(OCCCN2CCNC(=O)C2=O)CC1. The zero-order valence-electron chi connectivity index (χ0n) is 11.2. The number of amides is 2. The first-order chi connectivity index (χ1) is 9.70. The van der Waals surface area contributed by atoms with E-state index in [2.05, 4.69) is 11.4 Å². The third-order valence-electron chi connectivity index (χ3n) is 3.26. The van der Waals surface area contributed by atoms with Gasteiger partial charge in [0.05, 0.1) is 18.4 Å². The van der Waals surface area contributed by atoms with Gasteiger partial charge < -0.3 is 15.0 Å². The molecule has 2 aliphatic rings. The van der Waals surface area contributed by atoms with E-state index in [0.717, 1.165) is 17.8 Å². The third kappa shape index (κ3) is 3.60. The fraction of sp³-hybridized carbons (Fsp3) is 0.500. The van der Waals surface area contributed by atoms with E-state index < -0.39 is 11.8 Å². The molecule has 20 heavy (non-hydrogen) atoms. The minimum atomic E-state index is -0.527. The van der Waals surface area contributed by atoms with Crippen molar-refractivity contribution in [2.45, 2.75) is 19.3 Å². The second-order valence-electron chi connectivity index (χ2n) is 4.69. The molecule has 0 radical (unpaired) electrons. The summed E-state index contributed by atoms with van der Waals surface area (Å²) in [4.78, 5) is 24.2. The predicted molar refractivity (Wildman–Crippen MR) is 71.2 cm³/mol. The summed E-state index contributed by atoms with van der Waals surface area (Å²) in [7, 11) is 0. The first-order valence-corrected chi connectivity index (χ1v) is 6.70. The van der Waals surface area contributed by atoms with Crippen molar-refractivity contribution in [3.05, 3.63) is 23.5 Å². The molecule has 0 atom stereocenters. The third-order valence-corrected chi connectivity index (χ3v) is 3.26. The summed E-state index contributed by atoms with van der Waals surface area (Å²) in [6, 6.07) is 2.12. The topological polar surface area (TPSA) is 82.4 Å². The molecule has 106 valence electrons. The van der Waals surface area contributed by atoms with Crippen LogP contribution >= 0.6 is 0 Å². The molecule has 0 bridgehead atoms. The average Bonchev–Trinajstić information content (AvgIpc) is 2.48. The number of piperazine rings is 1. The first kappa shape index (κ1) is 14.1. The predicted octanol–water partition coefficient (Wildman–Crippen LogP) is 0.479. The number of carbonyl (C=O) groups is 2. The van der Waals surface area contributed by atoms with E-state index in [-0.39, 0.29) is 0 Å². The van der Waals surface area contributed by atoms with Gasteiger partial charge in [0, 0.05) is 31.6 Å². The van der Waals surface area contributed by atoms with Gasteiger partial charge in [-0.05, 0) is 25.0 Å². The van der Waals surface area contributed by atoms with Gasteiger partial charge in [-0.3, -0.25) is 9.59 Å². The Bertz CT molecular complexity index is 502. The molecule has 0 aromatic carbocycles. The van der Waals surface area contributed by atoms with Crippen molar-refractivity contribution in [3.8, 4) is 6.07 Å². The molecule has 6 nitrogen and oxygen atoms in total. The van der Waals surface area contributed by atoms with Crippen molar-refractivity contribution >= 4 is 11.8 Å². The van der Waals surface area contributed by atoms with Gasteiger partial charge in [0.15, 0.2) is 0 Å². The lowest BCUT2D eigenvalue weighted by Gasteiger charge is -2.26. The Morgan fingerprint density at radius 1 is 1.35 bits per heavy atom. The number of nitrogens with zero attached hydrogens (tertiary/aromatic N) is 2. The summed E-state index contributed by atoms with van der Waals surface area (Å²) in [5.74, 6) is -0.122. The quantitative estimate of drug-likeness (QED) is 0.584. The van der Waals surface area contributed by atoms with Gasteiger partial charge >= 0.3 is 11.8 Å². The second kappa shape index (κ2) is 6.75. The smallest absolute Gasteiger partial charge is 0.311 e. The maximum Gasteiger partial charge on any atom is 0.311 e. The molecule has 1 heterocycles. The molecule has 0 saturated carbocycles. The lowest BCUT2D eigenvalue weighted by atomic mass is 10.1. The molecule has 0 spiro atoms. The van der Waals surface area contributed by atoms with Gasteiger partial charge in [0.25, 0.3) is 0 Å². The van der Waals surface area contributed by atoms with Crippen molar-refractivity contribution < 1.29 is 14.3 Å². The monoisotopic (exact) mass is 275 g/mol. The van der Waals surface area contributed by atoms with E-state index in [1.54, 1.807) is 11.0 Å². The molecule has 1 aliphatic heterocycles. The van der Waals surface area contributed by atoms with E-state index in [1.165, 1.54) is 0 Å². The van der Waals surface area contributed by atoms with Gasteiger partial charge in [0.1, 0.15) is 0 Å². The normalized spacial score (nSPS) is 18.9. The van der Waals surface area contributed by atoms with Crippen LogP contribution in [0.15, 0.2) is 23.5 Å². The van der Waals surface area contributed by atoms with Crippen molar-refractivity contribution in [3.63, 3.8) is 0 Å². The summed E-state index contributed by atoms with van der Waals surface area (Å²) in [6.07, 6.45) is 5.74. The Morgan fingerprint density at radius 2 is 2.20 bits per heavy atom. The van der Waals surface area contributed by atoms with Crippen LogP contribution in [-0.4, -0.2) is 43.0 Å². The van der Waals surface area contributed by atoms with Crippen molar-refractivity contribution in [2.75, 3.05) is 26.2 Å². The van der Waals surface area contributed by atoms with Gasteiger partial charge in [-0.1, -0.05) is 0 Å². The Kier molecular flexibility index (Phi) is 4.77. The molecule has 1 fully saturated rings.